The van der Waals surface area contributed by atoms with Gasteiger partial charge in [-0.1, -0.05) is 11.6 Å². The van der Waals surface area contributed by atoms with Crippen LogP contribution in [0.5, 0.6) is 0 Å². The van der Waals surface area contributed by atoms with Crippen LogP contribution in [0.2, 0.25) is 5.02 Å². The number of carbonyl (C=O) groups is 1. The molecular formula is C10H7BrClNO. The second kappa shape index (κ2) is 3.41. The van der Waals surface area contributed by atoms with Gasteiger partial charge in [0.15, 0.2) is 5.78 Å². The van der Waals surface area contributed by atoms with Crippen molar-refractivity contribution in [3.05, 3.63) is 33.4 Å². The summed E-state index contributed by atoms with van der Waals surface area (Å²) in [6.45, 7) is 1.52. The second-order valence-electron chi connectivity index (χ2n) is 3.06. The molecule has 0 amide bonds. The van der Waals surface area contributed by atoms with E-state index in [4.69, 9.17) is 11.6 Å². The van der Waals surface area contributed by atoms with Crippen LogP contribution >= 0.6 is 27.5 Å². The molecule has 1 heterocycles. The van der Waals surface area contributed by atoms with Crippen LogP contribution in [-0.4, -0.2) is 10.8 Å². The van der Waals surface area contributed by atoms with Gasteiger partial charge in [0.1, 0.15) is 0 Å². The summed E-state index contributed by atoms with van der Waals surface area (Å²) >= 11 is 9.24. The summed E-state index contributed by atoms with van der Waals surface area (Å²) in [7, 11) is 0. The fourth-order valence-corrected chi connectivity index (χ4v) is 2.25. The van der Waals surface area contributed by atoms with Crippen LogP contribution in [0.15, 0.2) is 22.7 Å². The number of fused-ring (bicyclic) bond motifs is 1. The Balaban J connectivity index is 2.80. The summed E-state index contributed by atoms with van der Waals surface area (Å²) in [6, 6.07) is 5.47. The molecule has 72 valence electrons. The molecule has 2 nitrogen and oxygen atoms in total. The van der Waals surface area contributed by atoms with Gasteiger partial charge in [-0.3, -0.25) is 4.79 Å². The fraction of sp³-hybridized carbons (Fsp3) is 0.100. The Morgan fingerprint density at radius 1 is 1.50 bits per heavy atom. The molecule has 0 saturated carbocycles. The lowest BCUT2D eigenvalue weighted by Crippen LogP contribution is -1.91. The molecular weight excluding hydrogens is 265 g/mol. The van der Waals surface area contributed by atoms with Gasteiger partial charge in [-0.15, -0.1) is 0 Å². The third kappa shape index (κ3) is 1.47. The maximum Gasteiger partial charge on any atom is 0.177 e. The molecule has 2 rings (SSSR count). The largest absolute Gasteiger partial charge is 0.351 e. The lowest BCUT2D eigenvalue weighted by molar-refractivity contribution is 0.101. The molecule has 0 aliphatic carbocycles. The van der Waals surface area contributed by atoms with Gasteiger partial charge in [0, 0.05) is 22.8 Å². The number of aromatic amines is 1. The van der Waals surface area contributed by atoms with Crippen molar-refractivity contribution in [3.8, 4) is 0 Å². The van der Waals surface area contributed by atoms with Crippen LogP contribution < -0.4 is 0 Å². The topological polar surface area (TPSA) is 32.9 Å². The van der Waals surface area contributed by atoms with Crippen molar-refractivity contribution in [1.82, 2.24) is 4.98 Å². The van der Waals surface area contributed by atoms with Crippen molar-refractivity contribution in [3.63, 3.8) is 0 Å². The molecule has 1 aromatic carbocycles. The highest BCUT2D eigenvalue weighted by molar-refractivity contribution is 9.10. The van der Waals surface area contributed by atoms with Crippen LogP contribution in [0, 0.1) is 0 Å². The minimum atomic E-state index is 0.00389. The first kappa shape index (κ1) is 9.74. The number of ketones is 1. The molecule has 0 bridgehead atoms. The van der Waals surface area contributed by atoms with E-state index in [0.29, 0.717) is 10.7 Å². The van der Waals surface area contributed by atoms with E-state index >= 15 is 0 Å². The zero-order valence-electron chi connectivity index (χ0n) is 7.40. The number of rotatable bonds is 1. The van der Waals surface area contributed by atoms with Gasteiger partial charge in [-0.25, -0.2) is 0 Å². The Kier molecular flexibility index (Phi) is 2.37. The normalized spacial score (nSPS) is 10.8. The highest BCUT2D eigenvalue weighted by Crippen LogP contribution is 2.30. The zero-order valence-corrected chi connectivity index (χ0v) is 9.74. The van der Waals surface area contributed by atoms with Crippen LogP contribution in [-0.2, 0) is 0 Å². The monoisotopic (exact) mass is 271 g/mol. The van der Waals surface area contributed by atoms with Crippen LogP contribution in [0.4, 0.5) is 0 Å². The molecule has 0 unspecified atom stereocenters. The molecule has 0 aliphatic rings. The smallest absolute Gasteiger partial charge is 0.177 e. The number of carbonyl (C=O) groups excluding carboxylic acids is 1. The SMILES string of the molecule is CC(=O)c1[nH]c2ccc(Cl)cc2c1Br. The van der Waals surface area contributed by atoms with E-state index in [1.807, 2.05) is 12.1 Å². The predicted octanol–water partition coefficient (Wildman–Crippen LogP) is 3.79. The molecule has 0 radical (unpaired) electrons. The molecule has 2 aromatic rings. The number of aromatic nitrogens is 1. The fourth-order valence-electron chi connectivity index (χ4n) is 1.37. The Hall–Kier alpha value is -0.800. The van der Waals surface area contributed by atoms with Crippen LogP contribution in [0.1, 0.15) is 17.4 Å². The van der Waals surface area contributed by atoms with E-state index in [-0.39, 0.29) is 5.78 Å². The lowest BCUT2D eigenvalue weighted by atomic mass is 10.2. The van der Waals surface area contributed by atoms with Crippen LogP contribution in [0.25, 0.3) is 10.9 Å². The van der Waals surface area contributed by atoms with E-state index in [1.54, 1.807) is 6.07 Å². The Labute approximate surface area is 94.4 Å². The molecule has 0 fully saturated rings. The molecule has 1 N–H and O–H groups in total. The second-order valence-corrected chi connectivity index (χ2v) is 4.29. The number of H-pyrrole nitrogens is 1. The molecule has 0 atom stereocenters. The first-order valence-electron chi connectivity index (χ1n) is 4.07. The third-order valence-corrected chi connectivity index (χ3v) is 3.11. The quantitative estimate of drug-likeness (QED) is 0.787. The van der Waals surface area contributed by atoms with Gasteiger partial charge in [-0.05, 0) is 34.1 Å². The summed E-state index contributed by atoms with van der Waals surface area (Å²) in [5.74, 6) is 0.00389. The van der Waals surface area contributed by atoms with E-state index < -0.39 is 0 Å². The van der Waals surface area contributed by atoms with Crippen molar-refractivity contribution < 1.29 is 4.79 Å². The maximum absolute atomic E-state index is 11.2. The number of hydrogen-bond acceptors (Lipinski definition) is 1. The van der Waals surface area contributed by atoms with Crippen LogP contribution in [0.3, 0.4) is 0 Å². The lowest BCUT2D eigenvalue weighted by Gasteiger charge is -1.91. The van der Waals surface area contributed by atoms with Gasteiger partial charge in [0.2, 0.25) is 0 Å². The van der Waals surface area contributed by atoms with Crippen molar-refractivity contribution in [2.45, 2.75) is 6.92 Å². The summed E-state index contributed by atoms with van der Waals surface area (Å²) in [6.07, 6.45) is 0. The van der Waals surface area contributed by atoms with Gasteiger partial charge in [-0.2, -0.15) is 0 Å². The van der Waals surface area contributed by atoms with E-state index in [0.717, 1.165) is 15.4 Å². The molecule has 0 saturated heterocycles. The number of hydrogen-bond donors (Lipinski definition) is 1. The first-order chi connectivity index (χ1) is 6.59. The van der Waals surface area contributed by atoms with Gasteiger partial charge in [0.05, 0.1) is 10.2 Å². The first-order valence-corrected chi connectivity index (χ1v) is 5.24. The number of Topliss-reactive ketones (excluding diaryl/α,β-unsaturated/α-hetero) is 1. The standard InChI is InChI=1S/C10H7BrClNO/c1-5(14)10-9(11)7-4-6(12)2-3-8(7)13-10/h2-4,13H,1H3. The molecule has 0 spiro atoms. The Bertz CT molecular complexity index is 518. The van der Waals surface area contributed by atoms with Gasteiger partial charge < -0.3 is 4.98 Å². The van der Waals surface area contributed by atoms with Crippen molar-refractivity contribution in [2.75, 3.05) is 0 Å². The number of nitrogens with one attached hydrogen (secondary N) is 1. The Morgan fingerprint density at radius 3 is 2.86 bits per heavy atom. The van der Waals surface area contributed by atoms with Crippen molar-refractivity contribution in [1.29, 1.82) is 0 Å². The minimum absolute atomic E-state index is 0.00389. The number of benzene rings is 1. The van der Waals surface area contributed by atoms with Gasteiger partial charge >= 0.3 is 0 Å². The summed E-state index contributed by atoms with van der Waals surface area (Å²) < 4.78 is 0.780. The van der Waals surface area contributed by atoms with Crippen molar-refractivity contribution >= 4 is 44.2 Å². The highest BCUT2D eigenvalue weighted by atomic mass is 79.9. The molecule has 14 heavy (non-hydrogen) atoms. The average Bonchev–Trinajstić information content (AvgIpc) is 2.44. The Morgan fingerprint density at radius 2 is 2.21 bits per heavy atom. The zero-order chi connectivity index (χ0) is 10.3. The predicted molar refractivity (Wildman–Crippen MR) is 61.0 cm³/mol. The van der Waals surface area contributed by atoms with Gasteiger partial charge in [0.25, 0.3) is 0 Å². The number of halogens is 2. The summed E-state index contributed by atoms with van der Waals surface area (Å²) in [5.41, 5.74) is 1.49. The molecule has 4 heteroatoms. The van der Waals surface area contributed by atoms with E-state index in [9.17, 15) is 4.79 Å². The minimum Gasteiger partial charge on any atom is -0.351 e. The van der Waals surface area contributed by atoms with Crippen molar-refractivity contribution in [2.24, 2.45) is 0 Å². The maximum atomic E-state index is 11.2. The summed E-state index contributed by atoms with van der Waals surface area (Å²) in [5, 5.41) is 1.59. The molecule has 0 aliphatic heterocycles. The van der Waals surface area contributed by atoms with E-state index in [1.165, 1.54) is 6.92 Å². The summed E-state index contributed by atoms with van der Waals surface area (Å²) in [4.78, 5) is 14.3. The molecule has 1 aromatic heterocycles. The average molecular weight is 273 g/mol. The van der Waals surface area contributed by atoms with E-state index in [2.05, 4.69) is 20.9 Å². The highest BCUT2D eigenvalue weighted by Gasteiger charge is 2.12. The third-order valence-electron chi connectivity index (χ3n) is 2.05.